The van der Waals surface area contributed by atoms with Gasteiger partial charge in [-0.25, -0.2) is 0 Å². The maximum absolute atomic E-state index is 8.55. The molecule has 0 amide bonds. The van der Waals surface area contributed by atoms with E-state index in [4.69, 9.17) is 11.5 Å². The summed E-state index contributed by atoms with van der Waals surface area (Å²) < 4.78 is 0. The summed E-state index contributed by atoms with van der Waals surface area (Å²) in [6.45, 7) is 0.0406. The molecule has 0 saturated carbocycles. The Kier molecular flexibility index (Phi) is 3.13. The topological polar surface area (TPSA) is 20.2 Å². The zero-order valence-electron chi connectivity index (χ0n) is 6.70. The molecule has 0 aromatic heterocycles. The van der Waals surface area contributed by atoms with Crippen LogP contribution in [0.5, 0.6) is 0 Å². The molecule has 0 saturated heterocycles. The van der Waals surface area contributed by atoms with Crippen LogP contribution in [0.25, 0.3) is 6.08 Å². The first kappa shape index (κ1) is 8.58. The average molecular weight is 158 g/mol. The SMILES string of the molecule is C#Cc1ccccc1/C=C/CO. The van der Waals surface area contributed by atoms with Gasteiger partial charge in [-0.2, -0.15) is 0 Å². The number of aliphatic hydroxyl groups is 1. The molecule has 12 heavy (non-hydrogen) atoms. The lowest BCUT2D eigenvalue weighted by Crippen LogP contribution is -1.80. The molecule has 1 aromatic carbocycles. The largest absolute Gasteiger partial charge is 0.392 e. The minimum Gasteiger partial charge on any atom is -0.392 e. The molecule has 1 aromatic rings. The van der Waals surface area contributed by atoms with Crippen LogP contribution < -0.4 is 0 Å². The molecule has 0 unspecified atom stereocenters. The van der Waals surface area contributed by atoms with Gasteiger partial charge in [0.1, 0.15) is 0 Å². The lowest BCUT2D eigenvalue weighted by molar-refractivity contribution is 0.343. The summed E-state index contributed by atoms with van der Waals surface area (Å²) in [4.78, 5) is 0. The molecule has 0 heterocycles. The molecule has 0 spiro atoms. The van der Waals surface area contributed by atoms with Crippen molar-refractivity contribution in [2.45, 2.75) is 0 Å². The predicted octanol–water partition coefficient (Wildman–Crippen LogP) is 1.67. The van der Waals surface area contributed by atoms with E-state index in [9.17, 15) is 0 Å². The van der Waals surface area contributed by atoms with E-state index in [2.05, 4.69) is 5.92 Å². The third-order valence-electron chi connectivity index (χ3n) is 1.52. The first-order chi connectivity index (χ1) is 5.88. The second-order valence-corrected chi connectivity index (χ2v) is 2.32. The molecule has 0 atom stereocenters. The summed E-state index contributed by atoms with van der Waals surface area (Å²) in [5.41, 5.74) is 1.82. The van der Waals surface area contributed by atoms with Crippen molar-refractivity contribution in [1.82, 2.24) is 0 Å². The van der Waals surface area contributed by atoms with Crippen LogP contribution in [0.2, 0.25) is 0 Å². The summed E-state index contributed by atoms with van der Waals surface area (Å²) in [5.74, 6) is 2.57. The Bertz CT molecular complexity index is 318. The molecular formula is C11H10O. The Balaban J connectivity index is 2.99. The maximum atomic E-state index is 8.55. The van der Waals surface area contributed by atoms with Crippen LogP contribution in [0.4, 0.5) is 0 Å². The third kappa shape index (κ3) is 1.98. The molecule has 0 fully saturated rings. The van der Waals surface area contributed by atoms with Crippen LogP contribution in [0.15, 0.2) is 30.3 Å². The van der Waals surface area contributed by atoms with Gasteiger partial charge in [0.15, 0.2) is 0 Å². The fraction of sp³-hybridized carbons (Fsp3) is 0.0909. The lowest BCUT2D eigenvalue weighted by atomic mass is 10.1. The number of hydrogen-bond acceptors (Lipinski definition) is 1. The Morgan fingerprint density at radius 1 is 1.42 bits per heavy atom. The second kappa shape index (κ2) is 4.38. The maximum Gasteiger partial charge on any atom is 0.0615 e. The highest BCUT2D eigenvalue weighted by molar-refractivity contribution is 5.58. The fourth-order valence-electron chi connectivity index (χ4n) is 0.953. The van der Waals surface area contributed by atoms with Crippen molar-refractivity contribution >= 4 is 6.08 Å². The van der Waals surface area contributed by atoms with Crippen molar-refractivity contribution in [1.29, 1.82) is 0 Å². The van der Waals surface area contributed by atoms with E-state index in [1.54, 1.807) is 6.08 Å². The van der Waals surface area contributed by atoms with Crippen LogP contribution >= 0.6 is 0 Å². The van der Waals surface area contributed by atoms with Crippen LogP contribution in [0.1, 0.15) is 11.1 Å². The van der Waals surface area contributed by atoms with Crippen molar-refractivity contribution in [3.8, 4) is 12.3 Å². The van der Waals surface area contributed by atoms with Crippen molar-refractivity contribution < 1.29 is 5.11 Å². The molecule has 60 valence electrons. The highest BCUT2D eigenvalue weighted by Crippen LogP contribution is 2.08. The van der Waals surface area contributed by atoms with Crippen LogP contribution in [-0.4, -0.2) is 11.7 Å². The molecule has 0 aliphatic heterocycles. The van der Waals surface area contributed by atoms with E-state index in [0.717, 1.165) is 11.1 Å². The van der Waals surface area contributed by atoms with Gasteiger partial charge in [0.05, 0.1) is 6.61 Å². The van der Waals surface area contributed by atoms with Crippen LogP contribution in [0, 0.1) is 12.3 Å². The van der Waals surface area contributed by atoms with Gasteiger partial charge < -0.3 is 5.11 Å². The number of rotatable bonds is 2. The summed E-state index contributed by atoms with van der Waals surface area (Å²) in [6.07, 6.45) is 8.75. The van der Waals surface area contributed by atoms with Crippen LogP contribution in [0.3, 0.4) is 0 Å². The number of aliphatic hydroxyl groups excluding tert-OH is 1. The summed E-state index contributed by atoms with van der Waals surface area (Å²) >= 11 is 0. The molecule has 0 aliphatic carbocycles. The number of benzene rings is 1. The fourth-order valence-corrected chi connectivity index (χ4v) is 0.953. The van der Waals surface area contributed by atoms with Gasteiger partial charge in [-0.05, 0) is 11.6 Å². The highest BCUT2D eigenvalue weighted by atomic mass is 16.2. The summed E-state index contributed by atoms with van der Waals surface area (Å²) in [7, 11) is 0. The van der Waals surface area contributed by atoms with Crippen LogP contribution in [-0.2, 0) is 0 Å². The third-order valence-corrected chi connectivity index (χ3v) is 1.52. The van der Waals surface area contributed by atoms with Gasteiger partial charge in [0.25, 0.3) is 0 Å². The van der Waals surface area contributed by atoms with Crippen molar-refractivity contribution in [2.24, 2.45) is 0 Å². The lowest BCUT2D eigenvalue weighted by Gasteiger charge is -1.96. The smallest absolute Gasteiger partial charge is 0.0615 e. The van der Waals surface area contributed by atoms with Gasteiger partial charge in [0, 0.05) is 5.56 Å². The van der Waals surface area contributed by atoms with E-state index in [0.29, 0.717) is 0 Å². The van der Waals surface area contributed by atoms with Crippen molar-refractivity contribution in [3.63, 3.8) is 0 Å². The first-order valence-electron chi connectivity index (χ1n) is 3.71. The van der Waals surface area contributed by atoms with Crippen molar-refractivity contribution in [3.05, 3.63) is 41.5 Å². The quantitative estimate of drug-likeness (QED) is 0.649. The van der Waals surface area contributed by atoms with Gasteiger partial charge in [-0.3, -0.25) is 0 Å². The molecule has 1 nitrogen and oxygen atoms in total. The number of terminal acetylenes is 1. The molecule has 0 radical (unpaired) electrons. The van der Waals surface area contributed by atoms with Gasteiger partial charge in [-0.1, -0.05) is 36.3 Å². The molecule has 0 bridgehead atoms. The van der Waals surface area contributed by atoms with E-state index < -0.39 is 0 Å². The molecular weight excluding hydrogens is 148 g/mol. The van der Waals surface area contributed by atoms with E-state index in [-0.39, 0.29) is 6.61 Å². The Hall–Kier alpha value is -1.52. The standard InChI is InChI=1S/C11H10O/c1-2-10-6-3-4-7-11(10)8-5-9-12/h1,3-8,12H,9H2/b8-5+. The molecule has 1 rings (SSSR count). The zero-order chi connectivity index (χ0) is 8.81. The van der Waals surface area contributed by atoms with E-state index in [1.165, 1.54) is 0 Å². The zero-order valence-corrected chi connectivity index (χ0v) is 6.70. The Labute approximate surface area is 72.4 Å². The highest BCUT2D eigenvalue weighted by Gasteiger charge is 1.91. The minimum atomic E-state index is 0.0406. The van der Waals surface area contributed by atoms with E-state index >= 15 is 0 Å². The summed E-state index contributed by atoms with van der Waals surface area (Å²) in [6, 6.07) is 7.60. The monoisotopic (exact) mass is 158 g/mol. The molecule has 1 N–H and O–H groups in total. The predicted molar refractivity (Wildman–Crippen MR) is 50.5 cm³/mol. The van der Waals surface area contributed by atoms with Gasteiger partial charge in [-0.15, -0.1) is 6.42 Å². The van der Waals surface area contributed by atoms with E-state index in [1.807, 2.05) is 30.3 Å². The van der Waals surface area contributed by atoms with Gasteiger partial charge >= 0.3 is 0 Å². The normalized spacial score (nSPS) is 10.0. The first-order valence-corrected chi connectivity index (χ1v) is 3.71. The van der Waals surface area contributed by atoms with Gasteiger partial charge in [0.2, 0.25) is 0 Å². The Morgan fingerprint density at radius 2 is 2.17 bits per heavy atom. The Morgan fingerprint density at radius 3 is 2.83 bits per heavy atom. The minimum absolute atomic E-state index is 0.0406. The summed E-state index contributed by atoms with van der Waals surface area (Å²) in [5, 5.41) is 8.55. The van der Waals surface area contributed by atoms with Crippen molar-refractivity contribution in [2.75, 3.05) is 6.61 Å². The average Bonchev–Trinajstić information content (AvgIpc) is 2.15. The second-order valence-electron chi connectivity index (χ2n) is 2.32. The molecule has 1 heteroatoms. The molecule has 0 aliphatic rings. The number of hydrogen-bond donors (Lipinski definition) is 1.